The number of ether oxygens (including phenoxy) is 2. The molecule has 0 bridgehead atoms. The number of hydrogen-bond donors (Lipinski definition) is 0. The van der Waals surface area contributed by atoms with Gasteiger partial charge in [0.05, 0.1) is 35.2 Å². The molecular formula is C22H29ClN4O6SSi. The smallest absolute Gasteiger partial charge is 0.295 e. The molecule has 10 nitrogen and oxygen atoms in total. The Morgan fingerprint density at radius 1 is 1.17 bits per heavy atom. The first-order valence-electron chi connectivity index (χ1n) is 10.8. The van der Waals surface area contributed by atoms with Crippen molar-refractivity contribution in [3.05, 3.63) is 57.1 Å². The number of halogens is 1. The van der Waals surface area contributed by atoms with Crippen LogP contribution in [0.4, 0.5) is 11.5 Å². The molecule has 0 fully saturated rings. The molecule has 0 aliphatic carbocycles. The lowest BCUT2D eigenvalue weighted by atomic mass is 10.2. The van der Waals surface area contributed by atoms with Gasteiger partial charge in [0.2, 0.25) is 10.0 Å². The number of non-ortho nitro benzene ring substituents is 1. The molecule has 35 heavy (non-hydrogen) atoms. The van der Waals surface area contributed by atoms with Crippen LogP contribution in [0.5, 0.6) is 5.75 Å². The molecule has 0 saturated heterocycles. The van der Waals surface area contributed by atoms with Gasteiger partial charge in [-0.1, -0.05) is 43.4 Å². The average molecular weight is 541 g/mol. The van der Waals surface area contributed by atoms with Crippen LogP contribution in [0.1, 0.15) is 5.56 Å². The Hall–Kier alpha value is -2.67. The lowest BCUT2D eigenvalue weighted by Gasteiger charge is -2.20. The van der Waals surface area contributed by atoms with Gasteiger partial charge >= 0.3 is 0 Å². The summed E-state index contributed by atoms with van der Waals surface area (Å²) in [7, 11) is -3.66. The summed E-state index contributed by atoms with van der Waals surface area (Å²) in [5, 5.41) is 16.6. The summed E-state index contributed by atoms with van der Waals surface area (Å²) in [6.07, 6.45) is 1.05. The Labute approximate surface area is 210 Å². The van der Waals surface area contributed by atoms with Crippen LogP contribution in [0.25, 0.3) is 10.9 Å². The van der Waals surface area contributed by atoms with Crippen LogP contribution >= 0.6 is 11.6 Å². The molecule has 0 atom stereocenters. The highest BCUT2D eigenvalue weighted by atomic mass is 35.5. The van der Waals surface area contributed by atoms with E-state index in [1.54, 1.807) is 24.3 Å². The molecular weight excluding hydrogens is 512 g/mol. The fourth-order valence-electron chi connectivity index (χ4n) is 3.43. The van der Waals surface area contributed by atoms with Crippen LogP contribution in [-0.4, -0.2) is 51.2 Å². The molecule has 2 aromatic carbocycles. The van der Waals surface area contributed by atoms with Gasteiger partial charge in [-0.3, -0.25) is 10.1 Å². The predicted octanol–water partition coefficient (Wildman–Crippen LogP) is 4.89. The molecule has 0 spiro atoms. The standard InChI is InChI=1S/C22H29ClN4O6SSi/c1-32-17-8-6-16(7-9-17)14-26(34(2,30)31)22-20-18(23)10-11-19(27(28)29)21(20)25(24-22)15-33-12-13-35(3,4)5/h6-11H,12-15H2,1-5H3. The van der Waals surface area contributed by atoms with E-state index in [1.807, 2.05) is 0 Å². The molecule has 0 unspecified atom stereocenters. The van der Waals surface area contributed by atoms with Gasteiger partial charge in [-0.25, -0.2) is 17.4 Å². The Kier molecular flexibility index (Phi) is 8.09. The lowest BCUT2D eigenvalue weighted by molar-refractivity contribution is -0.383. The first-order chi connectivity index (χ1) is 16.3. The second-order valence-corrected chi connectivity index (χ2v) is 17.3. The maximum Gasteiger partial charge on any atom is 0.295 e. The number of hydrogen-bond acceptors (Lipinski definition) is 7. The van der Waals surface area contributed by atoms with Crippen LogP contribution < -0.4 is 9.04 Å². The zero-order valence-corrected chi connectivity index (χ0v) is 22.9. The third-order valence-corrected chi connectivity index (χ3v) is 8.45. The number of nitro benzene ring substituents is 1. The topological polar surface area (TPSA) is 117 Å². The number of sulfonamides is 1. The van der Waals surface area contributed by atoms with Crippen molar-refractivity contribution in [2.75, 3.05) is 24.3 Å². The predicted molar refractivity (Wildman–Crippen MR) is 140 cm³/mol. The third kappa shape index (κ3) is 6.51. The molecule has 190 valence electrons. The van der Waals surface area contributed by atoms with Crippen molar-refractivity contribution in [2.45, 2.75) is 39.0 Å². The monoisotopic (exact) mass is 540 g/mol. The number of nitrogens with zero attached hydrogens (tertiary/aromatic N) is 4. The van der Waals surface area contributed by atoms with Crippen LogP contribution in [-0.2, 0) is 28.0 Å². The molecule has 1 heterocycles. The molecule has 3 rings (SSSR count). The van der Waals surface area contributed by atoms with E-state index in [9.17, 15) is 18.5 Å². The Morgan fingerprint density at radius 2 is 1.83 bits per heavy atom. The van der Waals surface area contributed by atoms with Crippen LogP contribution in [0.3, 0.4) is 0 Å². The number of fused-ring (bicyclic) bond motifs is 1. The highest BCUT2D eigenvalue weighted by Gasteiger charge is 2.30. The fourth-order valence-corrected chi connectivity index (χ4v) is 5.25. The van der Waals surface area contributed by atoms with Crippen molar-refractivity contribution in [1.82, 2.24) is 9.78 Å². The highest BCUT2D eigenvalue weighted by Crippen LogP contribution is 2.39. The number of methoxy groups -OCH3 is 1. The van der Waals surface area contributed by atoms with Crippen LogP contribution in [0, 0.1) is 10.1 Å². The minimum absolute atomic E-state index is 0.000754. The quantitative estimate of drug-likeness (QED) is 0.147. The maximum absolute atomic E-state index is 12.9. The molecule has 0 radical (unpaired) electrons. The minimum Gasteiger partial charge on any atom is -0.497 e. The van der Waals surface area contributed by atoms with Gasteiger partial charge in [0, 0.05) is 20.7 Å². The summed E-state index contributed by atoms with van der Waals surface area (Å²) in [5.74, 6) is 0.629. The maximum atomic E-state index is 12.9. The van der Waals surface area contributed by atoms with Crippen molar-refractivity contribution < 1.29 is 22.8 Å². The number of benzene rings is 2. The Bertz CT molecular complexity index is 1320. The summed E-state index contributed by atoms with van der Waals surface area (Å²) in [6.45, 7) is 6.97. The highest BCUT2D eigenvalue weighted by molar-refractivity contribution is 7.92. The van der Waals surface area contributed by atoms with Crippen molar-refractivity contribution in [1.29, 1.82) is 0 Å². The van der Waals surface area contributed by atoms with E-state index in [4.69, 9.17) is 21.1 Å². The molecule has 0 aliphatic heterocycles. The summed E-state index contributed by atoms with van der Waals surface area (Å²) < 4.78 is 39.1. The molecule has 13 heteroatoms. The molecule has 0 N–H and O–H groups in total. The summed E-state index contributed by atoms with van der Waals surface area (Å²) in [5.41, 5.74) is 0.538. The fraction of sp³-hybridized carbons (Fsp3) is 0.409. The van der Waals surface area contributed by atoms with Crippen LogP contribution in [0.2, 0.25) is 30.7 Å². The van der Waals surface area contributed by atoms with Gasteiger partial charge < -0.3 is 9.47 Å². The Morgan fingerprint density at radius 3 is 2.37 bits per heavy atom. The van der Waals surface area contributed by atoms with Gasteiger partial charge in [0.15, 0.2) is 11.3 Å². The van der Waals surface area contributed by atoms with Gasteiger partial charge in [0.25, 0.3) is 5.69 Å². The first kappa shape index (κ1) is 26.9. The zero-order chi connectivity index (χ0) is 26.0. The average Bonchev–Trinajstić information content (AvgIpc) is 3.14. The van der Waals surface area contributed by atoms with Crippen molar-refractivity contribution in [3.63, 3.8) is 0 Å². The number of rotatable bonds is 11. The lowest BCUT2D eigenvalue weighted by Crippen LogP contribution is -2.30. The summed E-state index contributed by atoms with van der Waals surface area (Å²) >= 11 is 6.46. The van der Waals surface area contributed by atoms with Gasteiger partial charge in [-0.15, -0.1) is 0 Å². The van der Waals surface area contributed by atoms with Crippen molar-refractivity contribution in [2.24, 2.45) is 0 Å². The van der Waals surface area contributed by atoms with Crippen molar-refractivity contribution >= 4 is 52.1 Å². The van der Waals surface area contributed by atoms with Gasteiger partial charge in [-0.2, -0.15) is 5.10 Å². The van der Waals surface area contributed by atoms with E-state index in [0.29, 0.717) is 17.9 Å². The second kappa shape index (κ2) is 10.5. The van der Waals surface area contributed by atoms with E-state index in [1.165, 1.54) is 23.9 Å². The van der Waals surface area contributed by atoms with E-state index in [0.717, 1.165) is 16.6 Å². The normalized spacial score (nSPS) is 12.2. The van der Waals surface area contributed by atoms with Crippen LogP contribution in [0.15, 0.2) is 36.4 Å². The number of nitro groups is 1. The number of anilines is 1. The SMILES string of the molecule is COc1ccc(CN(c2nn(COCC[Si](C)(C)C)c3c([N+](=O)[O-])ccc(Cl)c23)S(C)(=O)=O)cc1. The third-order valence-electron chi connectivity index (χ3n) is 5.33. The van der Waals surface area contributed by atoms with E-state index < -0.39 is 23.0 Å². The summed E-state index contributed by atoms with van der Waals surface area (Å²) in [6, 6.07) is 10.5. The van der Waals surface area contributed by atoms with Gasteiger partial charge in [0.1, 0.15) is 12.5 Å². The molecule has 1 aromatic heterocycles. The second-order valence-electron chi connectivity index (χ2n) is 9.34. The van der Waals surface area contributed by atoms with E-state index in [-0.39, 0.29) is 40.7 Å². The summed E-state index contributed by atoms with van der Waals surface area (Å²) in [4.78, 5) is 11.3. The van der Waals surface area contributed by atoms with E-state index in [2.05, 4.69) is 24.7 Å². The first-order valence-corrected chi connectivity index (χ1v) is 16.8. The van der Waals surface area contributed by atoms with Gasteiger partial charge in [-0.05, 0) is 29.8 Å². The molecule has 3 aromatic rings. The minimum atomic E-state index is -3.84. The number of aromatic nitrogens is 2. The molecule has 0 aliphatic rings. The molecule has 0 saturated carbocycles. The zero-order valence-electron chi connectivity index (χ0n) is 20.3. The van der Waals surface area contributed by atoms with E-state index >= 15 is 0 Å². The Balaban J connectivity index is 2.12. The largest absolute Gasteiger partial charge is 0.497 e. The van der Waals surface area contributed by atoms with Crippen molar-refractivity contribution in [3.8, 4) is 5.75 Å². The molecule has 0 amide bonds.